The van der Waals surface area contributed by atoms with Crippen LogP contribution in [0.1, 0.15) is 38.2 Å². The molecule has 1 heteroatoms. The van der Waals surface area contributed by atoms with Crippen LogP contribution >= 0.6 is 0 Å². The normalized spacial score (nSPS) is 16.8. The van der Waals surface area contributed by atoms with E-state index in [1.165, 1.54) is 36.8 Å². The maximum Gasteiger partial charge on any atom is 0.0205 e. The summed E-state index contributed by atoms with van der Waals surface area (Å²) in [6.45, 7) is 8.50. The lowest BCUT2D eigenvalue weighted by Crippen LogP contribution is -2.25. The van der Waals surface area contributed by atoms with Gasteiger partial charge in [0.2, 0.25) is 0 Å². The van der Waals surface area contributed by atoms with Crippen molar-refractivity contribution in [1.82, 2.24) is 5.32 Å². The molecule has 2 rings (SSSR count). The smallest absolute Gasteiger partial charge is 0.0205 e. The van der Waals surface area contributed by atoms with Crippen molar-refractivity contribution in [3.63, 3.8) is 0 Å². The Hall–Kier alpha value is -1.08. The van der Waals surface area contributed by atoms with Crippen molar-refractivity contribution in [2.24, 2.45) is 5.41 Å². The van der Waals surface area contributed by atoms with E-state index in [9.17, 15) is 0 Å². The van der Waals surface area contributed by atoms with Gasteiger partial charge >= 0.3 is 0 Å². The molecule has 1 aliphatic rings. The average molecular weight is 229 g/mol. The molecule has 92 valence electrons. The van der Waals surface area contributed by atoms with E-state index >= 15 is 0 Å². The van der Waals surface area contributed by atoms with E-state index in [0.717, 1.165) is 13.1 Å². The number of rotatable bonds is 7. The molecular formula is C16H23N. The molecule has 1 aromatic rings. The fraction of sp³-hybridized carbons (Fsp3) is 0.500. The van der Waals surface area contributed by atoms with Crippen LogP contribution in [0, 0.1) is 5.41 Å². The summed E-state index contributed by atoms with van der Waals surface area (Å²) >= 11 is 0. The second kappa shape index (κ2) is 5.50. The van der Waals surface area contributed by atoms with Crippen molar-refractivity contribution >= 4 is 5.57 Å². The van der Waals surface area contributed by atoms with Crippen molar-refractivity contribution < 1.29 is 0 Å². The molecule has 0 aliphatic heterocycles. The molecule has 1 saturated carbocycles. The van der Waals surface area contributed by atoms with Gasteiger partial charge in [0, 0.05) is 13.1 Å². The van der Waals surface area contributed by atoms with Crippen molar-refractivity contribution in [3.05, 3.63) is 42.5 Å². The van der Waals surface area contributed by atoms with E-state index in [2.05, 4.69) is 43.1 Å². The van der Waals surface area contributed by atoms with Crippen LogP contribution in [0.4, 0.5) is 0 Å². The number of benzene rings is 1. The molecule has 0 amide bonds. The Labute approximate surface area is 105 Å². The summed E-state index contributed by atoms with van der Waals surface area (Å²) in [5.74, 6) is 0. The minimum Gasteiger partial charge on any atom is -0.312 e. The molecule has 0 heterocycles. The highest BCUT2D eigenvalue weighted by Gasteiger charge is 2.40. The molecular weight excluding hydrogens is 206 g/mol. The highest BCUT2D eigenvalue weighted by molar-refractivity contribution is 5.64. The number of hydrogen-bond acceptors (Lipinski definition) is 1. The predicted octanol–water partition coefficient (Wildman–Crippen LogP) is 3.87. The van der Waals surface area contributed by atoms with E-state index in [1.807, 2.05) is 6.07 Å². The van der Waals surface area contributed by atoms with Gasteiger partial charge in [-0.25, -0.2) is 0 Å². The molecule has 0 saturated heterocycles. The first-order chi connectivity index (χ1) is 8.26. The number of hydrogen-bond donors (Lipinski definition) is 1. The topological polar surface area (TPSA) is 12.0 Å². The molecule has 0 spiro atoms. The lowest BCUT2D eigenvalue weighted by Gasteiger charge is -2.15. The maximum atomic E-state index is 4.15. The first-order valence-corrected chi connectivity index (χ1v) is 6.70. The SMILES string of the molecule is C=C(CNCC1(CCC)CC1)c1ccccc1. The zero-order valence-electron chi connectivity index (χ0n) is 10.8. The van der Waals surface area contributed by atoms with Crippen LogP contribution in [0.3, 0.4) is 0 Å². The second-order valence-electron chi connectivity index (χ2n) is 5.32. The summed E-state index contributed by atoms with van der Waals surface area (Å²) in [5.41, 5.74) is 3.07. The molecule has 0 radical (unpaired) electrons. The molecule has 0 aromatic heterocycles. The van der Waals surface area contributed by atoms with Gasteiger partial charge in [0.25, 0.3) is 0 Å². The molecule has 1 nitrogen and oxygen atoms in total. The highest BCUT2D eigenvalue weighted by Crippen LogP contribution is 2.48. The molecule has 1 aromatic carbocycles. The van der Waals surface area contributed by atoms with Gasteiger partial charge in [0.15, 0.2) is 0 Å². The van der Waals surface area contributed by atoms with Crippen molar-refractivity contribution in [3.8, 4) is 0 Å². The third-order valence-electron chi connectivity index (χ3n) is 3.76. The standard InChI is InChI=1S/C16H23N/c1-3-9-16(10-11-16)13-17-12-14(2)15-7-5-4-6-8-15/h4-8,17H,2-3,9-13H2,1H3. The first kappa shape index (κ1) is 12.4. The zero-order chi connectivity index (χ0) is 12.1. The van der Waals surface area contributed by atoms with Crippen molar-refractivity contribution in [2.45, 2.75) is 32.6 Å². The summed E-state index contributed by atoms with van der Waals surface area (Å²) in [7, 11) is 0. The Morgan fingerprint density at radius 3 is 2.59 bits per heavy atom. The van der Waals surface area contributed by atoms with E-state index < -0.39 is 0 Å². The van der Waals surface area contributed by atoms with Crippen LogP contribution in [0.15, 0.2) is 36.9 Å². The molecule has 1 N–H and O–H groups in total. The Bertz CT molecular complexity index is 362. The molecule has 0 atom stereocenters. The lowest BCUT2D eigenvalue weighted by molar-refractivity contribution is 0.432. The summed E-state index contributed by atoms with van der Waals surface area (Å²) in [4.78, 5) is 0. The van der Waals surface area contributed by atoms with Gasteiger partial charge in [-0.2, -0.15) is 0 Å². The summed E-state index contributed by atoms with van der Waals surface area (Å²) in [5, 5.41) is 3.57. The second-order valence-corrected chi connectivity index (χ2v) is 5.32. The van der Waals surface area contributed by atoms with Gasteiger partial charge in [-0.3, -0.25) is 0 Å². The molecule has 1 aliphatic carbocycles. The zero-order valence-corrected chi connectivity index (χ0v) is 10.8. The van der Waals surface area contributed by atoms with Crippen LogP contribution in [-0.4, -0.2) is 13.1 Å². The van der Waals surface area contributed by atoms with E-state index in [-0.39, 0.29) is 0 Å². The van der Waals surface area contributed by atoms with Gasteiger partial charge < -0.3 is 5.32 Å². The Kier molecular flexibility index (Phi) is 4.01. The Morgan fingerprint density at radius 2 is 2.00 bits per heavy atom. The molecule has 1 fully saturated rings. The minimum atomic E-state index is 0.631. The quantitative estimate of drug-likeness (QED) is 0.748. The molecule has 17 heavy (non-hydrogen) atoms. The monoisotopic (exact) mass is 229 g/mol. The molecule has 0 bridgehead atoms. The Balaban J connectivity index is 1.74. The fourth-order valence-corrected chi connectivity index (χ4v) is 2.48. The minimum absolute atomic E-state index is 0.631. The van der Waals surface area contributed by atoms with Crippen molar-refractivity contribution in [2.75, 3.05) is 13.1 Å². The van der Waals surface area contributed by atoms with Crippen LogP contribution < -0.4 is 5.32 Å². The van der Waals surface area contributed by atoms with Crippen molar-refractivity contribution in [1.29, 1.82) is 0 Å². The largest absolute Gasteiger partial charge is 0.312 e. The van der Waals surface area contributed by atoms with Gasteiger partial charge in [0.1, 0.15) is 0 Å². The van der Waals surface area contributed by atoms with Crippen LogP contribution in [0.5, 0.6) is 0 Å². The third kappa shape index (κ3) is 3.44. The average Bonchev–Trinajstić information content (AvgIpc) is 3.11. The Morgan fingerprint density at radius 1 is 1.29 bits per heavy atom. The third-order valence-corrected chi connectivity index (χ3v) is 3.76. The summed E-state index contributed by atoms with van der Waals surface area (Å²) in [6.07, 6.45) is 5.50. The summed E-state index contributed by atoms with van der Waals surface area (Å²) < 4.78 is 0. The van der Waals surface area contributed by atoms with E-state index in [4.69, 9.17) is 0 Å². The maximum absolute atomic E-state index is 4.15. The van der Waals surface area contributed by atoms with Gasteiger partial charge in [-0.1, -0.05) is 50.3 Å². The summed E-state index contributed by atoms with van der Waals surface area (Å²) in [6, 6.07) is 10.4. The van der Waals surface area contributed by atoms with E-state index in [0.29, 0.717) is 5.41 Å². The van der Waals surface area contributed by atoms with Crippen LogP contribution in [-0.2, 0) is 0 Å². The highest BCUT2D eigenvalue weighted by atomic mass is 14.9. The van der Waals surface area contributed by atoms with Crippen LogP contribution in [0.25, 0.3) is 5.57 Å². The fourth-order valence-electron chi connectivity index (χ4n) is 2.48. The van der Waals surface area contributed by atoms with E-state index in [1.54, 1.807) is 0 Å². The van der Waals surface area contributed by atoms with Gasteiger partial charge in [-0.05, 0) is 35.8 Å². The van der Waals surface area contributed by atoms with Gasteiger partial charge in [-0.15, -0.1) is 0 Å². The lowest BCUT2D eigenvalue weighted by atomic mass is 10.0. The van der Waals surface area contributed by atoms with Crippen LogP contribution in [0.2, 0.25) is 0 Å². The first-order valence-electron chi connectivity index (χ1n) is 6.70. The predicted molar refractivity (Wildman–Crippen MR) is 74.9 cm³/mol. The molecule has 0 unspecified atom stereocenters. The number of nitrogens with one attached hydrogen (secondary N) is 1. The van der Waals surface area contributed by atoms with Gasteiger partial charge in [0.05, 0.1) is 0 Å².